The highest BCUT2D eigenvalue weighted by Gasteiger charge is 2.21. The first kappa shape index (κ1) is 21.8. The van der Waals surface area contributed by atoms with Gasteiger partial charge < -0.3 is 15.0 Å². The van der Waals surface area contributed by atoms with Gasteiger partial charge in [-0.25, -0.2) is 28.1 Å². The van der Waals surface area contributed by atoms with Crippen LogP contribution in [0, 0.1) is 0 Å². The molecule has 4 rings (SSSR count). The second-order valence-corrected chi connectivity index (χ2v) is 10.9. The molecule has 0 aliphatic carbocycles. The number of hydrogen-bond donors (Lipinski definition) is 2. The van der Waals surface area contributed by atoms with Crippen LogP contribution >= 0.6 is 11.8 Å². The lowest BCUT2D eigenvalue weighted by Crippen LogP contribution is -2.33. The van der Waals surface area contributed by atoms with Gasteiger partial charge in [-0.2, -0.15) is 0 Å². The van der Waals surface area contributed by atoms with Gasteiger partial charge in [0, 0.05) is 24.4 Å². The zero-order valence-corrected chi connectivity index (χ0v) is 19.4. The van der Waals surface area contributed by atoms with Crippen molar-refractivity contribution >= 4 is 38.8 Å². The van der Waals surface area contributed by atoms with Crippen molar-refractivity contribution in [3.8, 4) is 5.75 Å². The minimum atomic E-state index is -3.37. The van der Waals surface area contributed by atoms with Crippen molar-refractivity contribution in [1.29, 1.82) is 0 Å². The molecule has 11 heteroatoms. The lowest BCUT2D eigenvalue weighted by atomic mass is 10.1. The molecule has 3 aromatic rings. The van der Waals surface area contributed by atoms with Gasteiger partial charge in [-0.1, -0.05) is 24.8 Å². The maximum absolute atomic E-state index is 12.1. The van der Waals surface area contributed by atoms with Crippen molar-refractivity contribution in [3.63, 3.8) is 0 Å². The van der Waals surface area contributed by atoms with Gasteiger partial charge in [0.1, 0.15) is 12.1 Å². The topological polar surface area (TPSA) is 125 Å². The van der Waals surface area contributed by atoms with E-state index >= 15 is 0 Å². The number of benzene rings is 1. The van der Waals surface area contributed by atoms with Crippen molar-refractivity contribution in [2.24, 2.45) is 0 Å². The SMILES string of the molecule is CCc1cc2c(cc1Sc1nc3c(N)ncnc3n1CCNS(=O)(=O)C(C)C)OCC2. The first-order valence-corrected chi connectivity index (χ1v) is 12.6. The quantitative estimate of drug-likeness (QED) is 0.523. The highest BCUT2D eigenvalue weighted by atomic mass is 32.2. The van der Waals surface area contributed by atoms with Gasteiger partial charge in [-0.15, -0.1) is 0 Å². The number of aromatic nitrogens is 4. The first-order chi connectivity index (χ1) is 14.8. The van der Waals surface area contributed by atoms with Crippen molar-refractivity contribution in [2.45, 2.75) is 55.5 Å². The number of aryl methyl sites for hydroxylation is 1. The fourth-order valence-electron chi connectivity index (χ4n) is 3.41. The predicted molar refractivity (Wildman–Crippen MR) is 121 cm³/mol. The second-order valence-electron chi connectivity index (χ2n) is 7.59. The summed E-state index contributed by atoms with van der Waals surface area (Å²) in [5.74, 6) is 1.20. The third-order valence-corrected chi connectivity index (χ3v) is 8.18. The molecule has 0 atom stereocenters. The number of nitrogens with zero attached hydrogens (tertiary/aromatic N) is 4. The highest BCUT2D eigenvalue weighted by molar-refractivity contribution is 7.99. The van der Waals surface area contributed by atoms with E-state index in [-0.39, 0.29) is 6.54 Å². The average Bonchev–Trinajstić information content (AvgIpc) is 3.32. The number of nitrogen functional groups attached to an aromatic ring is 1. The van der Waals surface area contributed by atoms with Crippen LogP contribution in [0.25, 0.3) is 11.2 Å². The summed E-state index contributed by atoms with van der Waals surface area (Å²) in [6.45, 7) is 6.70. The fourth-order valence-corrected chi connectivity index (χ4v) is 5.24. The summed E-state index contributed by atoms with van der Waals surface area (Å²) in [4.78, 5) is 14.1. The molecule has 31 heavy (non-hydrogen) atoms. The average molecular weight is 463 g/mol. The first-order valence-electron chi connectivity index (χ1n) is 10.2. The molecular weight excluding hydrogens is 436 g/mol. The van der Waals surface area contributed by atoms with Gasteiger partial charge in [-0.05, 0) is 37.5 Å². The summed E-state index contributed by atoms with van der Waals surface area (Å²) < 4.78 is 34.6. The number of nitrogens with one attached hydrogen (secondary N) is 1. The third kappa shape index (κ3) is 4.35. The maximum atomic E-state index is 12.1. The summed E-state index contributed by atoms with van der Waals surface area (Å²) in [7, 11) is -3.37. The third-order valence-electron chi connectivity index (χ3n) is 5.24. The van der Waals surface area contributed by atoms with Gasteiger partial charge in [0.05, 0.1) is 11.9 Å². The number of ether oxygens (including phenoxy) is 1. The number of anilines is 1. The molecule has 0 unspecified atom stereocenters. The van der Waals surface area contributed by atoms with E-state index in [1.165, 1.54) is 29.2 Å². The zero-order chi connectivity index (χ0) is 22.2. The van der Waals surface area contributed by atoms with Crippen molar-refractivity contribution in [1.82, 2.24) is 24.2 Å². The molecule has 2 aromatic heterocycles. The summed E-state index contributed by atoms with van der Waals surface area (Å²) in [6.07, 6.45) is 3.20. The van der Waals surface area contributed by atoms with E-state index in [4.69, 9.17) is 10.5 Å². The van der Waals surface area contributed by atoms with Crippen LogP contribution in [0.1, 0.15) is 31.9 Å². The molecule has 1 aliphatic rings. The molecule has 3 heterocycles. The van der Waals surface area contributed by atoms with E-state index in [0.717, 1.165) is 23.5 Å². The van der Waals surface area contributed by atoms with Crippen LogP contribution in [0.4, 0.5) is 5.82 Å². The zero-order valence-electron chi connectivity index (χ0n) is 17.8. The van der Waals surface area contributed by atoms with Gasteiger partial charge in [0.2, 0.25) is 10.0 Å². The molecule has 0 spiro atoms. The highest BCUT2D eigenvalue weighted by Crippen LogP contribution is 2.38. The van der Waals surface area contributed by atoms with Gasteiger partial charge in [0.15, 0.2) is 22.1 Å². The van der Waals surface area contributed by atoms with Crippen molar-refractivity contribution in [3.05, 3.63) is 29.6 Å². The number of imidazole rings is 1. The Hall–Kier alpha value is -2.37. The van der Waals surface area contributed by atoms with E-state index in [1.807, 2.05) is 4.57 Å². The van der Waals surface area contributed by atoms with Crippen molar-refractivity contribution in [2.75, 3.05) is 18.9 Å². The van der Waals surface area contributed by atoms with E-state index in [2.05, 4.69) is 38.7 Å². The summed E-state index contributed by atoms with van der Waals surface area (Å²) in [6, 6.07) is 4.26. The smallest absolute Gasteiger partial charge is 0.213 e. The normalized spacial score (nSPS) is 13.7. The monoisotopic (exact) mass is 462 g/mol. The van der Waals surface area contributed by atoms with Crippen LogP contribution in [0.2, 0.25) is 0 Å². The molecule has 9 nitrogen and oxygen atoms in total. The maximum Gasteiger partial charge on any atom is 0.213 e. The van der Waals surface area contributed by atoms with Crippen molar-refractivity contribution < 1.29 is 13.2 Å². The van der Waals surface area contributed by atoms with Gasteiger partial charge in [-0.3, -0.25) is 0 Å². The molecule has 1 aliphatic heterocycles. The van der Waals surface area contributed by atoms with Crippen LogP contribution in [-0.4, -0.2) is 46.3 Å². The molecule has 1 aromatic carbocycles. The minimum Gasteiger partial charge on any atom is -0.493 e. The number of fused-ring (bicyclic) bond motifs is 2. The molecule has 0 bridgehead atoms. The van der Waals surface area contributed by atoms with Crippen LogP contribution in [0.3, 0.4) is 0 Å². The van der Waals surface area contributed by atoms with E-state index < -0.39 is 15.3 Å². The number of rotatable bonds is 8. The van der Waals surface area contributed by atoms with E-state index in [0.29, 0.717) is 35.3 Å². The Morgan fingerprint density at radius 1 is 1.32 bits per heavy atom. The van der Waals surface area contributed by atoms with Gasteiger partial charge >= 0.3 is 0 Å². The molecule has 0 saturated heterocycles. The molecule has 166 valence electrons. The molecule has 0 fully saturated rings. The minimum absolute atomic E-state index is 0.220. The largest absolute Gasteiger partial charge is 0.493 e. The van der Waals surface area contributed by atoms with Crippen LogP contribution < -0.4 is 15.2 Å². The summed E-state index contributed by atoms with van der Waals surface area (Å²) >= 11 is 1.50. The fraction of sp³-hybridized carbons (Fsp3) is 0.450. The van der Waals surface area contributed by atoms with E-state index in [9.17, 15) is 8.42 Å². The number of nitrogens with two attached hydrogens (primary N) is 1. The lowest BCUT2D eigenvalue weighted by Gasteiger charge is -2.13. The Morgan fingerprint density at radius 2 is 2.13 bits per heavy atom. The Morgan fingerprint density at radius 3 is 2.87 bits per heavy atom. The van der Waals surface area contributed by atoms with Crippen LogP contribution in [0.15, 0.2) is 28.5 Å². The number of hydrogen-bond acceptors (Lipinski definition) is 8. The molecule has 0 radical (unpaired) electrons. The Balaban J connectivity index is 1.69. The van der Waals surface area contributed by atoms with Gasteiger partial charge in [0.25, 0.3) is 0 Å². The van der Waals surface area contributed by atoms with Crippen LogP contribution in [0.5, 0.6) is 5.75 Å². The molecule has 0 saturated carbocycles. The van der Waals surface area contributed by atoms with E-state index in [1.54, 1.807) is 13.8 Å². The molecular formula is C20H26N6O3S2. The Bertz CT molecular complexity index is 1220. The Kier molecular flexibility index (Phi) is 6.09. The van der Waals surface area contributed by atoms with Crippen LogP contribution in [-0.2, 0) is 29.4 Å². The molecule has 3 N–H and O–H groups in total. The molecule has 0 amide bonds. The second kappa shape index (κ2) is 8.64. The Labute approximate surface area is 185 Å². The predicted octanol–water partition coefficient (Wildman–Crippen LogP) is 2.38. The number of sulfonamides is 1. The summed E-state index contributed by atoms with van der Waals surface area (Å²) in [5.41, 5.74) is 9.56. The lowest BCUT2D eigenvalue weighted by molar-refractivity contribution is 0.356. The standard InChI is InChI=1S/C20H26N6O3S2/c1-4-13-9-14-5-8-29-15(14)10-16(13)30-20-25-17-18(21)22-11-23-19(17)26(20)7-6-24-31(27,28)12(2)3/h9-12,24H,4-8H2,1-3H3,(H2,21,22,23). The summed E-state index contributed by atoms with van der Waals surface area (Å²) in [5, 5.41) is 0.177.